The molecule has 7 rings (SSSR count). The average Bonchev–Trinajstić information content (AvgIpc) is 3.42. The summed E-state index contributed by atoms with van der Waals surface area (Å²) in [7, 11) is 0. The van der Waals surface area contributed by atoms with Crippen molar-refractivity contribution in [2.24, 2.45) is 0 Å². The number of hydrogen-bond donors (Lipinski definition) is 1. The number of fused-ring (bicyclic) bond motifs is 3. The Morgan fingerprint density at radius 1 is 1.19 bits per heavy atom. The van der Waals surface area contributed by atoms with Gasteiger partial charge in [-0.3, -0.25) is 9.20 Å². The van der Waals surface area contributed by atoms with Gasteiger partial charge in [0.05, 0.1) is 18.4 Å². The van der Waals surface area contributed by atoms with E-state index in [9.17, 15) is 4.79 Å². The molecule has 0 radical (unpaired) electrons. The van der Waals surface area contributed by atoms with Gasteiger partial charge in [0, 0.05) is 37.0 Å². The molecule has 4 aromatic rings. The molecule has 1 aromatic carbocycles. The third-order valence-corrected chi connectivity index (χ3v) is 5.84. The van der Waals surface area contributed by atoms with Gasteiger partial charge in [-0.15, -0.1) is 0 Å². The lowest BCUT2D eigenvalue weighted by Gasteiger charge is -2.46. The smallest absolute Gasteiger partial charge is 0.274 e. The fourth-order valence-electron chi connectivity index (χ4n) is 4.16. The van der Waals surface area contributed by atoms with Crippen LogP contribution in [0.25, 0.3) is 17.1 Å². The van der Waals surface area contributed by atoms with Gasteiger partial charge >= 0.3 is 0 Å². The molecule has 2 bridgehead atoms. The summed E-state index contributed by atoms with van der Waals surface area (Å²) in [6, 6.07) is 11.3. The van der Waals surface area contributed by atoms with E-state index in [0.29, 0.717) is 23.2 Å². The Morgan fingerprint density at radius 2 is 2.03 bits per heavy atom. The zero-order valence-electron chi connectivity index (χ0n) is 16.9. The Hall–Kier alpha value is -3.72. The first-order chi connectivity index (χ1) is 15.1. The molecule has 1 N–H and O–H groups in total. The van der Waals surface area contributed by atoms with Crippen LogP contribution in [0.4, 0.5) is 11.6 Å². The number of ether oxygens (including phenoxy) is 1. The van der Waals surface area contributed by atoms with E-state index in [1.165, 1.54) is 0 Å². The molecule has 1 amide bonds. The number of hydrogen-bond acceptors (Lipinski definition) is 7. The van der Waals surface area contributed by atoms with Crippen molar-refractivity contribution in [3.05, 3.63) is 60.0 Å². The van der Waals surface area contributed by atoms with Crippen LogP contribution in [0.1, 0.15) is 22.5 Å². The summed E-state index contributed by atoms with van der Waals surface area (Å²) in [6.07, 6.45) is 5.02. The average molecular weight is 416 g/mol. The van der Waals surface area contributed by atoms with Crippen molar-refractivity contribution < 1.29 is 14.1 Å². The van der Waals surface area contributed by atoms with Gasteiger partial charge in [0.25, 0.3) is 17.7 Å². The number of carbonyl (C=O) groups excluding carboxylic acids is 1. The van der Waals surface area contributed by atoms with E-state index < -0.39 is 0 Å². The minimum Gasteiger partial charge on any atom is -0.371 e. The van der Waals surface area contributed by atoms with Crippen molar-refractivity contribution in [1.82, 2.24) is 19.5 Å². The highest BCUT2D eigenvalue weighted by atomic mass is 16.5. The van der Waals surface area contributed by atoms with Crippen LogP contribution in [-0.4, -0.2) is 50.7 Å². The van der Waals surface area contributed by atoms with Crippen molar-refractivity contribution in [2.45, 2.75) is 25.6 Å². The van der Waals surface area contributed by atoms with Gasteiger partial charge in [-0.2, -0.15) is 4.98 Å². The molecule has 6 heterocycles. The predicted molar refractivity (Wildman–Crippen MR) is 113 cm³/mol. The van der Waals surface area contributed by atoms with Crippen LogP contribution in [-0.2, 0) is 4.74 Å². The molecule has 3 saturated heterocycles. The third-order valence-electron chi connectivity index (χ3n) is 5.84. The van der Waals surface area contributed by atoms with Crippen molar-refractivity contribution in [3.63, 3.8) is 0 Å². The van der Waals surface area contributed by atoms with E-state index in [2.05, 4.69) is 25.3 Å². The number of morpholine rings is 1. The number of piperidine rings is 1. The molecule has 31 heavy (non-hydrogen) atoms. The van der Waals surface area contributed by atoms with Crippen LogP contribution in [0.2, 0.25) is 0 Å². The van der Waals surface area contributed by atoms with Crippen LogP contribution < -0.4 is 10.2 Å². The number of amides is 1. The number of nitrogens with one attached hydrogen (secondary N) is 1. The zero-order valence-corrected chi connectivity index (χ0v) is 16.9. The standard InChI is InChI=1S/C22H20N6O3/c1-13-5-6-14(21-25-22(26-31-21)27-11-15-9-16(12-27)30-15)8-17(13)24-20(29)18-10-23-19-4-2-3-7-28(18)19/h2-8,10,15-16H,9,11-12H2,1H3,(H,24,29). The molecule has 0 spiro atoms. The van der Waals surface area contributed by atoms with Crippen LogP contribution in [0.3, 0.4) is 0 Å². The minimum absolute atomic E-state index is 0.238. The number of aromatic nitrogens is 4. The lowest BCUT2D eigenvalue weighted by atomic mass is 9.99. The van der Waals surface area contributed by atoms with Crippen molar-refractivity contribution in [1.29, 1.82) is 0 Å². The summed E-state index contributed by atoms with van der Waals surface area (Å²) in [5, 5.41) is 7.12. The van der Waals surface area contributed by atoms with E-state index in [4.69, 9.17) is 9.26 Å². The molecule has 0 aliphatic carbocycles. The van der Waals surface area contributed by atoms with Crippen LogP contribution in [0.5, 0.6) is 0 Å². The number of nitrogens with zero attached hydrogens (tertiary/aromatic N) is 5. The normalized spacial score (nSPS) is 20.0. The Morgan fingerprint density at radius 3 is 2.87 bits per heavy atom. The monoisotopic (exact) mass is 416 g/mol. The van der Waals surface area contributed by atoms with E-state index in [-0.39, 0.29) is 18.1 Å². The van der Waals surface area contributed by atoms with E-state index in [0.717, 1.165) is 36.3 Å². The van der Waals surface area contributed by atoms with Gasteiger partial charge in [-0.05, 0) is 41.9 Å². The lowest BCUT2D eigenvalue weighted by Crippen LogP contribution is -2.57. The van der Waals surface area contributed by atoms with Crippen molar-refractivity contribution in [2.75, 3.05) is 23.3 Å². The first-order valence-electron chi connectivity index (χ1n) is 10.2. The van der Waals surface area contributed by atoms with E-state index in [1.54, 1.807) is 10.6 Å². The second kappa shape index (κ2) is 6.92. The minimum atomic E-state index is -0.238. The van der Waals surface area contributed by atoms with Crippen LogP contribution in [0, 0.1) is 6.92 Å². The van der Waals surface area contributed by atoms with Gasteiger partial charge in [0.2, 0.25) is 0 Å². The molecular weight excluding hydrogens is 396 g/mol. The largest absolute Gasteiger partial charge is 0.371 e. The van der Waals surface area contributed by atoms with Crippen molar-refractivity contribution in [3.8, 4) is 11.5 Å². The Labute approximate surface area is 177 Å². The summed E-state index contributed by atoms with van der Waals surface area (Å²) in [5.74, 6) is 0.753. The van der Waals surface area contributed by atoms with Gasteiger partial charge in [0.15, 0.2) is 0 Å². The van der Waals surface area contributed by atoms with Crippen molar-refractivity contribution >= 4 is 23.2 Å². The maximum absolute atomic E-state index is 12.9. The summed E-state index contributed by atoms with van der Waals surface area (Å²) in [4.78, 5) is 23.8. The van der Waals surface area contributed by atoms with E-state index >= 15 is 0 Å². The molecule has 3 aliphatic heterocycles. The van der Waals surface area contributed by atoms with Gasteiger partial charge in [-0.1, -0.05) is 12.1 Å². The second-order valence-corrected chi connectivity index (χ2v) is 7.98. The second-order valence-electron chi connectivity index (χ2n) is 7.98. The highest BCUT2D eigenvalue weighted by Gasteiger charge is 2.39. The molecule has 3 fully saturated rings. The Kier molecular flexibility index (Phi) is 4.03. The summed E-state index contributed by atoms with van der Waals surface area (Å²) in [6.45, 7) is 3.50. The first kappa shape index (κ1) is 18.1. The third kappa shape index (κ3) is 3.14. The molecule has 2 atom stereocenters. The fraction of sp³-hybridized carbons (Fsp3) is 0.273. The van der Waals surface area contributed by atoms with Crippen LogP contribution >= 0.6 is 0 Å². The van der Waals surface area contributed by atoms with Gasteiger partial charge < -0.3 is 19.5 Å². The quantitative estimate of drug-likeness (QED) is 0.546. The number of pyridine rings is 1. The zero-order chi connectivity index (χ0) is 20.9. The number of rotatable bonds is 4. The predicted octanol–water partition coefficient (Wildman–Crippen LogP) is 2.92. The molecule has 2 unspecified atom stereocenters. The molecule has 9 heteroatoms. The number of imidazole rings is 1. The van der Waals surface area contributed by atoms with Gasteiger partial charge in [0.1, 0.15) is 11.3 Å². The number of benzene rings is 1. The Bertz CT molecular complexity index is 1280. The number of carbonyl (C=O) groups is 1. The molecule has 9 nitrogen and oxygen atoms in total. The topological polar surface area (TPSA) is 97.8 Å². The number of anilines is 2. The first-order valence-corrected chi connectivity index (χ1v) is 10.2. The maximum atomic E-state index is 12.9. The molecular formula is C22H20N6O3. The lowest BCUT2D eigenvalue weighted by molar-refractivity contribution is -0.133. The summed E-state index contributed by atoms with van der Waals surface area (Å²) < 4.78 is 12.9. The maximum Gasteiger partial charge on any atom is 0.274 e. The molecule has 3 aliphatic rings. The molecule has 156 valence electrons. The summed E-state index contributed by atoms with van der Waals surface area (Å²) in [5.41, 5.74) is 3.54. The van der Waals surface area contributed by atoms with Crippen LogP contribution in [0.15, 0.2) is 53.3 Å². The SMILES string of the molecule is Cc1ccc(-c2nc(N3CC4CC(C3)O4)no2)cc1NC(=O)c1cnc2ccccn12. The molecule has 0 saturated carbocycles. The molecule has 3 aromatic heterocycles. The summed E-state index contributed by atoms with van der Waals surface area (Å²) >= 11 is 0. The highest BCUT2D eigenvalue weighted by Crippen LogP contribution is 2.31. The van der Waals surface area contributed by atoms with Gasteiger partial charge in [-0.25, -0.2) is 4.98 Å². The Balaban J connectivity index is 1.25. The highest BCUT2D eigenvalue weighted by molar-refractivity contribution is 6.04. The fourth-order valence-corrected chi connectivity index (χ4v) is 4.16. The van der Waals surface area contributed by atoms with E-state index in [1.807, 2.05) is 49.5 Å². The number of aryl methyl sites for hydroxylation is 1.